The first-order valence-corrected chi connectivity index (χ1v) is 21.1. The first-order chi connectivity index (χ1) is 29.7. The van der Waals surface area contributed by atoms with E-state index in [9.17, 15) is 0 Å². The van der Waals surface area contributed by atoms with Crippen LogP contribution in [0.15, 0.2) is 200 Å². The van der Waals surface area contributed by atoms with E-state index >= 15 is 0 Å². The molecule has 0 aromatic heterocycles. The quantitative estimate of drug-likeness (QED) is 0.162. The van der Waals surface area contributed by atoms with Gasteiger partial charge in [-0.2, -0.15) is 0 Å². The Kier molecular flexibility index (Phi) is 6.16. The fourth-order valence-electron chi connectivity index (χ4n) is 12.3. The van der Waals surface area contributed by atoms with Crippen LogP contribution in [0.5, 0.6) is 11.5 Å². The molecule has 1 heterocycles. The summed E-state index contributed by atoms with van der Waals surface area (Å²) >= 11 is 0. The van der Waals surface area contributed by atoms with Crippen LogP contribution < -0.4 is 4.74 Å². The SMILES string of the molecule is Cc1cccc2c3c(ccc12)Oc1ccc(-c2cccc4c2-c2ccccc2C42c4ccccc4-c4ccc5ccccc5c42)cc1C31c2ccccc2-c2ccccc21. The molecule has 0 N–H and O–H groups in total. The molecule has 1 nitrogen and oxygen atoms in total. The Morgan fingerprint density at radius 2 is 0.883 bits per heavy atom. The normalized spacial score (nSPS) is 16.4. The fourth-order valence-corrected chi connectivity index (χ4v) is 12.3. The summed E-state index contributed by atoms with van der Waals surface area (Å²) in [4.78, 5) is 0. The van der Waals surface area contributed by atoms with Gasteiger partial charge in [0.25, 0.3) is 0 Å². The summed E-state index contributed by atoms with van der Waals surface area (Å²) < 4.78 is 7.08. The molecule has 0 fully saturated rings. The van der Waals surface area contributed by atoms with E-state index in [-0.39, 0.29) is 0 Å². The molecule has 10 aromatic rings. The molecule has 10 aromatic carbocycles. The van der Waals surface area contributed by atoms with Crippen molar-refractivity contribution in [3.63, 3.8) is 0 Å². The molecule has 2 spiro atoms. The topological polar surface area (TPSA) is 9.23 Å². The summed E-state index contributed by atoms with van der Waals surface area (Å²) in [5.74, 6) is 1.82. The third-order valence-electron chi connectivity index (χ3n) is 14.5. The van der Waals surface area contributed by atoms with E-state index in [0.29, 0.717) is 0 Å². The lowest BCUT2D eigenvalue weighted by molar-refractivity contribution is 0.438. The minimum atomic E-state index is -0.598. The lowest BCUT2D eigenvalue weighted by atomic mass is 9.64. The zero-order valence-electron chi connectivity index (χ0n) is 33.0. The van der Waals surface area contributed by atoms with Crippen molar-refractivity contribution in [3.8, 4) is 56.0 Å². The molecule has 278 valence electrons. The van der Waals surface area contributed by atoms with Gasteiger partial charge in [-0.15, -0.1) is 0 Å². The number of hydrogen-bond donors (Lipinski definition) is 0. The van der Waals surface area contributed by atoms with Crippen molar-refractivity contribution in [1.29, 1.82) is 0 Å². The predicted molar refractivity (Wildman–Crippen MR) is 245 cm³/mol. The highest BCUT2D eigenvalue weighted by atomic mass is 16.5. The van der Waals surface area contributed by atoms with Crippen LogP contribution in [0.1, 0.15) is 50.1 Å². The van der Waals surface area contributed by atoms with Crippen LogP contribution in [0.4, 0.5) is 0 Å². The number of ether oxygens (including phenoxy) is 1. The summed E-state index contributed by atoms with van der Waals surface area (Å²) in [5, 5.41) is 5.07. The molecule has 0 saturated heterocycles. The van der Waals surface area contributed by atoms with E-state index in [0.717, 1.165) is 11.5 Å². The third kappa shape index (κ3) is 3.72. The Hall–Kier alpha value is -7.48. The Bertz CT molecular complexity index is 3500. The predicted octanol–water partition coefficient (Wildman–Crippen LogP) is 14.8. The van der Waals surface area contributed by atoms with Crippen molar-refractivity contribution in [2.24, 2.45) is 0 Å². The minimum Gasteiger partial charge on any atom is -0.457 e. The van der Waals surface area contributed by atoms with Crippen molar-refractivity contribution < 1.29 is 4.74 Å². The molecule has 4 aliphatic rings. The van der Waals surface area contributed by atoms with Gasteiger partial charge < -0.3 is 4.74 Å². The number of aryl methyl sites for hydroxylation is 1. The highest BCUT2D eigenvalue weighted by Gasteiger charge is 2.54. The minimum absolute atomic E-state index is 0.466. The molecule has 1 unspecified atom stereocenters. The Labute approximate surface area is 348 Å². The van der Waals surface area contributed by atoms with E-state index in [1.165, 1.54) is 116 Å². The second-order valence-corrected chi connectivity index (χ2v) is 17.0. The molecule has 14 rings (SSSR count). The van der Waals surface area contributed by atoms with Gasteiger partial charge in [-0.1, -0.05) is 182 Å². The van der Waals surface area contributed by atoms with Crippen LogP contribution in [-0.2, 0) is 10.8 Å². The zero-order valence-corrected chi connectivity index (χ0v) is 33.0. The number of fused-ring (bicyclic) bond motifs is 23. The summed E-state index contributed by atoms with van der Waals surface area (Å²) in [6.45, 7) is 2.22. The van der Waals surface area contributed by atoms with Gasteiger partial charge in [-0.25, -0.2) is 0 Å². The van der Waals surface area contributed by atoms with Crippen LogP contribution >= 0.6 is 0 Å². The molecule has 3 aliphatic carbocycles. The highest BCUT2D eigenvalue weighted by molar-refractivity contribution is 6.06. The second-order valence-electron chi connectivity index (χ2n) is 17.0. The standard InChI is InChI=1S/C59H36O/c1-35-14-12-22-44-38(35)31-33-54-57(44)59(47-23-8-4-17-41(47)42-18-5-9-24-48(42)59)52-34-37(29-32-53(52)60-54)39-21-13-27-51-55(39)46-20-7-11-26-50(46)58(51)49-25-10-6-19-43(49)45-30-28-36-15-2-3-16-40(36)56(45)58/h2-34H,1H3. The Balaban J connectivity index is 1.09. The molecule has 1 atom stereocenters. The van der Waals surface area contributed by atoms with Gasteiger partial charge in [-0.05, 0) is 130 Å². The molecule has 0 saturated carbocycles. The summed E-state index contributed by atoms with van der Waals surface area (Å²) in [6, 6.07) is 75.3. The molecule has 0 amide bonds. The van der Waals surface area contributed by atoms with Gasteiger partial charge in [0.15, 0.2) is 0 Å². The molecule has 60 heavy (non-hydrogen) atoms. The molecular formula is C59H36O. The first kappa shape index (κ1) is 32.5. The lowest BCUT2D eigenvalue weighted by Gasteiger charge is -2.40. The van der Waals surface area contributed by atoms with E-state index in [2.05, 4.69) is 207 Å². The smallest absolute Gasteiger partial charge is 0.132 e. The molecule has 0 bridgehead atoms. The molecular weight excluding hydrogens is 725 g/mol. The number of hydrogen-bond acceptors (Lipinski definition) is 1. The van der Waals surface area contributed by atoms with Crippen molar-refractivity contribution >= 4 is 21.5 Å². The van der Waals surface area contributed by atoms with Gasteiger partial charge >= 0.3 is 0 Å². The Morgan fingerprint density at radius 3 is 1.63 bits per heavy atom. The van der Waals surface area contributed by atoms with Crippen molar-refractivity contribution in [2.45, 2.75) is 17.8 Å². The fraction of sp³-hybridized carbons (Fsp3) is 0.0508. The monoisotopic (exact) mass is 760 g/mol. The zero-order chi connectivity index (χ0) is 39.3. The Morgan fingerprint density at radius 1 is 0.333 bits per heavy atom. The lowest BCUT2D eigenvalue weighted by Crippen LogP contribution is -2.32. The van der Waals surface area contributed by atoms with Crippen molar-refractivity contribution in [2.75, 3.05) is 0 Å². The number of benzene rings is 10. The van der Waals surface area contributed by atoms with E-state index < -0.39 is 10.8 Å². The average molecular weight is 761 g/mol. The van der Waals surface area contributed by atoms with Crippen LogP contribution in [0.3, 0.4) is 0 Å². The highest BCUT2D eigenvalue weighted by Crippen LogP contribution is 2.67. The summed E-state index contributed by atoms with van der Waals surface area (Å²) in [5.41, 5.74) is 20.9. The molecule has 1 aliphatic heterocycles. The van der Waals surface area contributed by atoms with Crippen LogP contribution in [0, 0.1) is 6.92 Å². The number of rotatable bonds is 1. The van der Waals surface area contributed by atoms with E-state index in [1.807, 2.05) is 0 Å². The van der Waals surface area contributed by atoms with Crippen molar-refractivity contribution in [3.05, 3.63) is 250 Å². The van der Waals surface area contributed by atoms with Crippen LogP contribution in [0.2, 0.25) is 0 Å². The van der Waals surface area contributed by atoms with Gasteiger partial charge in [0.1, 0.15) is 11.5 Å². The van der Waals surface area contributed by atoms with Gasteiger partial charge in [0.2, 0.25) is 0 Å². The van der Waals surface area contributed by atoms with E-state index in [1.54, 1.807) is 0 Å². The maximum Gasteiger partial charge on any atom is 0.132 e. The molecule has 0 radical (unpaired) electrons. The maximum absolute atomic E-state index is 7.08. The first-order valence-electron chi connectivity index (χ1n) is 21.1. The summed E-state index contributed by atoms with van der Waals surface area (Å²) in [6.07, 6.45) is 0. The second kappa shape index (κ2) is 11.4. The maximum atomic E-state index is 7.08. The third-order valence-corrected chi connectivity index (χ3v) is 14.5. The van der Waals surface area contributed by atoms with E-state index in [4.69, 9.17) is 4.74 Å². The average Bonchev–Trinajstić information content (AvgIpc) is 3.89. The van der Waals surface area contributed by atoms with Gasteiger partial charge in [-0.3, -0.25) is 0 Å². The van der Waals surface area contributed by atoms with Crippen molar-refractivity contribution in [1.82, 2.24) is 0 Å². The van der Waals surface area contributed by atoms with Gasteiger partial charge in [0, 0.05) is 11.1 Å². The molecule has 1 heteroatoms. The van der Waals surface area contributed by atoms with Crippen LogP contribution in [-0.4, -0.2) is 0 Å². The summed E-state index contributed by atoms with van der Waals surface area (Å²) in [7, 11) is 0. The van der Waals surface area contributed by atoms with Gasteiger partial charge in [0.05, 0.1) is 10.8 Å². The van der Waals surface area contributed by atoms with Crippen LogP contribution in [0.25, 0.3) is 66.1 Å². The largest absolute Gasteiger partial charge is 0.457 e.